The second-order valence-electron chi connectivity index (χ2n) is 4.83. The first-order chi connectivity index (χ1) is 11.4. The molecule has 0 aliphatic rings. The summed E-state index contributed by atoms with van der Waals surface area (Å²) >= 11 is 8.72. The lowest BCUT2D eigenvalue weighted by atomic mass is 10.1. The predicted molar refractivity (Wildman–Crippen MR) is 99.1 cm³/mol. The minimum absolute atomic E-state index is 0.271. The largest absolute Gasteiger partial charge is 0.497 e. The molecule has 0 bridgehead atoms. The topological polar surface area (TPSA) is 104 Å². The second kappa shape index (κ2) is 6.46. The van der Waals surface area contributed by atoms with Gasteiger partial charge in [-0.3, -0.25) is 4.79 Å². The molecule has 2 heterocycles. The number of amides is 1. The van der Waals surface area contributed by atoms with Crippen molar-refractivity contribution in [1.82, 2.24) is 9.97 Å². The summed E-state index contributed by atoms with van der Waals surface area (Å²) in [5, 5.41) is 1.66. The van der Waals surface area contributed by atoms with Crippen LogP contribution in [-0.4, -0.2) is 29.2 Å². The molecule has 0 aliphatic heterocycles. The summed E-state index contributed by atoms with van der Waals surface area (Å²) in [5.41, 5.74) is 13.1. The fourth-order valence-corrected chi connectivity index (χ4v) is 3.90. The van der Waals surface area contributed by atoms with Gasteiger partial charge in [0.2, 0.25) is 0 Å². The zero-order valence-electron chi connectivity index (χ0n) is 12.8. The van der Waals surface area contributed by atoms with E-state index in [4.69, 9.17) is 27.8 Å². The monoisotopic (exact) mass is 380 g/mol. The average Bonchev–Trinajstić information content (AvgIpc) is 2.90. The van der Waals surface area contributed by atoms with Gasteiger partial charge in [-0.2, -0.15) is 0 Å². The van der Waals surface area contributed by atoms with Gasteiger partial charge in [-0.25, -0.2) is 9.97 Å². The number of ether oxygens (including phenoxy) is 1. The number of carbonyl (C=O) groups is 1. The highest BCUT2D eigenvalue weighted by atomic mass is 35.5. The molecule has 3 rings (SSSR count). The van der Waals surface area contributed by atoms with E-state index in [2.05, 4.69) is 9.97 Å². The summed E-state index contributed by atoms with van der Waals surface area (Å²) in [4.78, 5) is 21.5. The minimum atomic E-state index is -0.587. The maximum atomic E-state index is 11.6. The quantitative estimate of drug-likeness (QED) is 0.530. The van der Waals surface area contributed by atoms with Crippen LogP contribution in [0.25, 0.3) is 21.5 Å². The van der Waals surface area contributed by atoms with Crippen LogP contribution >= 0.6 is 34.7 Å². The lowest BCUT2D eigenvalue weighted by molar-refractivity contribution is 0.100. The van der Waals surface area contributed by atoms with Gasteiger partial charge in [0.15, 0.2) is 5.16 Å². The molecule has 4 N–H and O–H groups in total. The summed E-state index contributed by atoms with van der Waals surface area (Å²) in [5.74, 6) is 0.00900. The highest BCUT2D eigenvalue weighted by Crippen LogP contribution is 2.40. The molecule has 1 aromatic carbocycles. The van der Waals surface area contributed by atoms with E-state index in [1.807, 2.05) is 6.26 Å². The molecule has 2 aromatic heterocycles. The SMILES string of the molecule is COc1cc(Cl)cc(-c2nc(SC)nc3sc(C(N)=O)c(N)c23)c1. The maximum absolute atomic E-state index is 11.6. The van der Waals surface area contributed by atoms with Crippen LogP contribution < -0.4 is 16.2 Å². The van der Waals surface area contributed by atoms with Gasteiger partial charge in [0, 0.05) is 10.6 Å². The van der Waals surface area contributed by atoms with E-state index in [0.29, 0.717) is 31.8 Å². The van der Waals surface area contributed by atoms with E-state index in [0.717, 1.165) is 16.9 Å². The number of carbonyl (C=O) groups excluding carboxylic acids is 1. The molecule has 0 unspecified atom stereocenters. The standard InChI is InChI=1S/C15H13ClN4O2S2/c1-22-8-4-6(3-7(16)5-8)11-9-10(17)12(13(18)21)24-14(9)20-15(19-11)23-2/h3-5H,17H2,1-2H3,(H2,18,21). The summed E-state index contributed by atoms with van der Waals surface area (Å²) < 4.78 is 5.26. The van der Waals surface area contributed by atoms with Crippen molar-refractivity contribution in [2.45, 2.75) is 5.16 Å². The van der Waals surface area contributed by atoms with Crippen molar-refractivity contribution in [3.8, 4) is 17.0 Å². The van der Waals surface area contributed by atoms with Crippen molar-refractivity contribution in [2.24, 2.45) is 5.73 Å². The van der Waals surface area contributed by atoms with Crippen molar-refractivity contribution < 1.29 is 9.53 Å². The number of methoxy groups -OCH3 is 1. The first kappa shape index (κ1) is 16.8. The van der Waals surface area contributed by atoms with E-state index in [1.54, 1.807) is 25.3 Å². The number of benzene rings is 1. The number of halogens is 1. The van der Waals surface area contributed by atoms with Crippen LogP contribution in [0.4, 0.5) is 5.69 Å². The van der Waals surface area contributed by atoms with Crippen LogP contribution in [0.5, 0.6) is 5.75 Å². The van der Waals surface area contributed by atoms with Gasteiger partial charge < -0.3 is 16.2 Å². The van der Waals surface area contributed by atoms with Crippen LogP contribution in [0.15, 0.2) is 23.4 Å². The number of nitrogen functional groups attached to an aromatic ring is 1. The molecular weight excluding hydrogens is 368 g/mol. The van der Waals surface area contributed by atoms with Gasteiger partial charge in [-0.1, -0.05) is 23.4 Å². The number of nitrogens with two attached hydrogens (primary N) is 2. The zero-order chi connectivity index (χ0) is 17.4. The van der Waals surface area contributed by atoms with Gasteiger partial charge in [0.1, 0.15) is 15.5 Å². The van der Waals surface area contributed by atoms with Crippen LogP contribution in [0.2, 0.25) is 5.02 Å². The molecule has 0 saturated carbocycles. The lowest BCUT2D eigenvalue weighted by Gasteiger charge is -2.08. The molecule has 9 heteroatoms. The molecule has 0 fully saturated rings. The summed E-state index contributed by atoms with van der Waals surface area (Å²) in [7, 11) is 1.56. The Labute approximate surface area is 151 Å². The fourth-order valence-electron chi connectivity index (χ4n) is 2.30. The Bertz CT molecular complexity index is 958. The number of thiophene rings is 1. The Morgan fingerprint density at radius 1 is 1.33 bits per heavy atom. The molecule has 1 amide bonds. The summed E-state index contributed by atoms with van der Waals surface area (Å²) in [6.45, 7) is 0. The summed E-state index contributed by atoms with van der Waals surface area (Å²) in [6.07, 6.45) is 1.87. The van der Waals surface area contributed by atoms with E-state index < -0.39 is 5.91 Å². The van der Waals surface area contributed by atoms with Gasteiger partial charge in [-0.15, -0.1) is 11.3 Å². The van der Waals surface area contributed by atoms with Crippen molar-refractivity contribution in [1.29, 1.82) is 0 Å². The highest BCUT2D eigenvalue weighted by Gasteiger charge is 2.21. The lowest BCUT2D eigenvalue weighted by Crippen LogP contribution is -2.10. The third-order valence-corrected chi connectivity index (χ3v) is 5.23. The third-order valence-electron chi connectivity index (χ3n) is 3.35. The molecule has 3 aromatic rings. The number of thioether (sulfide) groups is 1. The first-order valence-electron chi connectivity index (χ1n) is 6.73. The number of rotatable bonds is 4. The Kier molecular flexibility index (Phi) is 4.53. The van der Waals surface area contributed by atoms with Gasteiger partial charge >= 0.3 is 0 Å². The maximum Gasteiger partial charge on any atom is 0.260 e. The van der Waals surface area contributed by atoms with Crippen LogP contribution in [0.3, 0.4) is 0 Å². The highest BCUT2D eigenvalue weighted by molar-refractivity contribution is 7.98. The summed E-state index contributed by atoms with van der Waals surface area (Å²) in [6, 6.07) is 5.26. The first-order valence-corrected chi connectivity index (χ1v) is 9.15. The Hall–Kier alpha value is -2.03. The van der Waals surface area contributed by atoms with E-state index in [1.165, 1.54) is 11.8 Å². The van der Waals surface area contributed by atoms with Crippen molar-refractivity contribution in [2.75, 3.05) is 19.1 Å². The Morgan fingerprint density at radius 2 is 2.08 bits per heavy atom. The molecule has 0 radical (unpaired) electrons. The average molecular weight is 381 g/mol. The number of nitrogens with zero attached hydrogens (tertiary/aromatic N) is 2. The van der Waals surface area contributed by atoms with Crippen LogP contribution in [-0.2, 0) is 0 Å². The third kappa shape index (κ3) is 2.88. The molecule has 0 atom stereocenters. The number of fused-ring (bicyclic) bond motifs is 1. The number of aromatic nitrogens is 2. The van der Waals surface area contributed by atoms with E-state index in [-0.39, 0.29) is 10.6 Å². The smallest absolute Gasteiger partial charge is 0.260 e. The molecule has 24 heavy (non-hydrogen) atoms. The predicted octanol–water partition coefficient (Wildman–Crippen LogP) is 3.42. The number of hydrogen-bond donors (Lipinski definition) is 2. The van der Waals surface area contributed by atoms with E-state index >= 15 is 0 Å². The van der Waals surface area contributed by atoms with Gasteiger partial charge in [-0.05, 0) is 24.5 Å². The number of hydrogen-bond acceptors (Lipinski definition) is 7. The van der Waals surface area contributed by atoms with Crippen molar-refractivity contribution in [3.63, 3.8) is 0 Å². The van der Waals surface area contributed by atoms with Crippen molar-refractivity contribution in [3.05, 3.63) is 28.1 Å². The normalized spacial score (nSPS) is 11.0. The molecule has 0 aliphatic carbocycles. The number of primary amides is 1. The molecule has 6 nitrogen and oxygen atoms in total. The molecular formula is C15H13ClN4O2S2. The Morgan fingerprint density at radius 3 is 2.71 bits per heavy atom. The van der Waals surface area contributed by atoms with Crippen LogP contribution in [0, 0.1) is 0 Å². The van der Waals surface area contributed by atoms with E-state index in [9.17, 15) is 4.79 Å². The van der Waals surface area contributed by atoms with Gasteiger partial charge in [0.05, 0.1) is 23.9 Å². The second-order valence-corrected chi connectivity index (χ2v) is 7.04. The Balaban J connectivity index is 2.37. The number of anilines is 1. The van der Waals surface area contributed by atoms with Gasteiger partial charge in [0.25, 0.3) is 5.91 Å². The molecule has 0 spiro atoms. The molecule has 0 saturated heterocycles. The van der Waals surface area contributed by atoms with Crippen molar-refractivity contribution >= 4 is 56.5 Å². The van der Waals surface area contributed by atoms with Crippen LogP contribution in [0.1, 0.15) is 9.67 Å². The fraction of sp³-hybridized carbons (Fsp3) is 0.133. The molecule has 124 valence electrons. The minimum Gasteiger partial charge on any atom is -0.497 e. The zero-order valence-corrected chi connectivity index (χ0v) is 15.2.